The third-order valence-electron chi connectivity index (χ3n) is 3.84. The summed E-state index contributed by atoms with van der Waals surface area (Å²) < 4.78 is 5.75. The molecule has 0 aromatic heterocycles. The van der Waals surface area contributed by atoms with Crippen LogP contribution in [0.5, 0.6) is 11.5 Å². The first-order valence-corrected chi connectivity index (χ1v) is 9.56. The van der Waals surface area contributed by atoms with Crippen LogP contribution in [0, 0.1) is 5.92 Å². The Kier molecular flexibility index (Phi) is 7.86. The molecule has 0 atom stereocenters. The topological polar surface area (TPSA) is 113 Å². The molecule has 30 heavy (non-hydrogen) atoms. The molecule has 158 valence electrons. The van der Waals surface area contributed by atoms with Crippen LogP contribution >= 0.6 is 23.2 Å². The van der Waals surface area contributed by atoms with Gasteiger partial charge in [0, 0.05) is 23.2 Å². The summed E-state index contributed by atoms with van der Waals surface area (Å²) in [5, 5.41) is 20.8. The standard InChI is InChI=1S/C21H19Cl2NO6/c1-11(2)21(29)24-17-5-4-14(10-13(17)3-6-18(25)26)30-20-15(22)7-12(8-16(20)23)9-19(27)28/h3-8,10-11H,9H2,1-2H3,(H,24,29)(H,25,26)(H,27,28). The number of nitrogens with one attached hydrogen (secondary N) is 1. The highest BCUT2D eigenvalue weighted by molar-refractivity contribution is 6.37. The molecule has 0 radical (unpaired) electrons. The lowest BCUT2D eigenvalue weighted by Gasteiger charge is -2.14. The molecule has 0 fully saturated rings. The number of aliphatic carboxylic acids is 2. The van der Waals surface area contributed by atoms with E-state index in [1.54, 1.807) is 26.0 Å². The highest BCUT2D eigenvalue weighted by Gasteiger charge is 2.15. The van der Waals surface area contributed by atoms with Crippen molar-refractivity contribution < 1.29 is 29.3 Å². The van der Waals surface area contributed by atoms with Crippen LogP contribution in [0.25, 0.3) is 6.08 Å². The van der Waals surface area contributed by atoms with Crippen LogP contribution in [0.2, 0.25) is 10.0 Å². The van der Waals surface area contributed by atoms with Crippen molar-refractivity contribution in [3.8, 4) is 11.5 Å². The van der Waals surface area contributed by atoms with E-state index in [2.05, 4.69) is 5.32 Å². The second-order valence-electron chi connectivity index (χ2n) is 6.63. The molecule has 7 nitrogen and oxygen atoms in total. The molecular weight excluding hydrogens is 433 g/mol. The Labute approximate surface area is 182 Å². The second kappa shape index (κ2) is 10.1. The zero-order chi connectivity index (χ0) is 22.4. The minimum atomic E-state index is -1.15. The number of carbonyl (C=O) groups is 3. The van der Waals surface area contributed by atoms with E-state index in [0.717, 1.165) is 6.08 Å². The molecular formula is C21H19Cl2NO6. The Bertz CT molecular complexity index is 994. The molecule has 0 spiro atoms. The predicted octanol–water partition coefficient (Wildman–Crippen LogP) is 5.11. The fraction of sp³-hybridized carbons (Fsp3) is 0.190. The molecule has 2 aromatic carbocycles. The van der Waals surface area contributed by atoms with E-state index >= 15 is 0 Å². The van der Waals surface area contributed by atoms with Gasteiger partial charge in [-0.15, -0.1) is 0 Å². The normalized spacial score (nSPS) is 11.0. The molecule has 0 unspecified atom stereocenters. The van der Waals surface area contributed by atoms with Gasteiger partial charge in [-0.2, -0.15) is 0 Å². The molecule has 0 saturated carbocycles. The van der Waals surface area contributed by atoms with Gasteiger partial charge in [0.05, 0.1) is 16.5 Å². The number of benzene rings is 2. The van der Waals surface area contributed by atoms with Crippen molar-refractivity contribution >= 4 is 52.8 Å². The van der Waals surface area contributed by atoms with Gasteiger partial charge in [0.1, 0.15) is 5.75 Å². The van der Waals surface area contributed by atoms with Gasteiger partial charge in [0.2, 0.25) is 5.91 Å². The maximum atomic E-state index is 12.0. The quantitative estimate of drug-likeness (QED) is 0.480. The average molecular weight is 452 g/mol. The van der Waals surface area contributed by atoms with Crippen LogP contribution in [0.15, 0.2) is 36.4 Å². The number of carboxylic acid groups (broad SMARTS) is 2. The number of carboxylic acids is 2. The number of rotatable bonds is 8. The summed E-state index contributed by atoms with van der Waals surface area (Å²) in [5.41, 5.74) is 1.23. The van der Waals surface area contributed by atoms with Crippen molar-refractivity contribution in [3.63, 3.8) is 0 Å². The van der Waals surface area contributed by atoms with Gasteiger partial charge in [0.15, 0.2) is 5.75 Å². The van der Waals surface area contributed by atoms with E-state index in [-0.39, 0.29) is 39.8 Å². The van der Waals surface area contributed by atoms with Crippen molar-refractivity contribution in [1.82, 2.24) is 0 Å². The average Bonchev–Trinajstić information content (AvgIpc) is 2.63. The van der Waals surface area contributed by atoms with Crippen LogP contribution in [-0.2, 0) is 20.8 Å². The van der Waals surface area contributed by atoms with Crippen LogP contribution < -0.4 is 10.1 Å². The lowest BCUT2D eigenvalue weighted by atomic mass is 10.1. The highest BCUT2D eigenvalue weighted by atomic mass is 35.5. The number of hydrogen-bond acceptors (Lipinski definition) is 4. The SMILES string of the molecule is CC(C)C(=O)Nc1ccc(Oc2c(Cl)cc(CC(=O)O)cc2Cl)cc1C=CC(=O)O. The lowest BCUT2D eigenvalue weighted by Crippen LogP contribution is -2.18. The first kappa shape index (κ1) is 23.3. The lowest BCUT2D eigenvalue weighted by molar-refractivity contribution is -0.136. The molecule has 0 heterocycles. The smallest absolute Gasteiger partial charge is 0.328 e. The van der Waals surface area contributed by atoms with Crippen LogP contribution in [0.3, 0.4) is 0 Å². The van der Waals surface area contributed by atoms with Crippen molar-refractivity contribution in [2.24, 2.45) is 5.92 Å². The van der Waals surface area contributed by atoms with Gasteiger partial charge in [-0.05, 0) is 42.0 Å². The largest absolute Gasteiger partial charge is 0.481 e. The minimum Gasteiger partial charge on any atom is -0.481 e. The summed E-state index contributed by atoms with van der Waals surface area (Å²) in [6.45, 7) is 3.47. The summed E-state index contributed by atoms with van der Waals surface area (Å²) >= 11 is 12.4. The van der Waals surface area contributed by atoms with Crippen LogP contribution in [0.4, 0.5) is 5.69 Å². The fourth-order valence-electron chi connectivity index (χ4n) is 2.40. The van der Waals surface area contributed by atoms with Gasteiger partial charge in [-0.3, -0.25) is 9.59 Å². The van der Waals surface area contributed by atoms with Gasteiger partial charge in [-0.25, -0.2) is 4.79 Å². The van der Waals surface area contributed by atoms with E-state index < -0.39 is 11.9 Å². The molecule has 0 aliphatic carbocycles. The third kappa shape index (κ3) is 6.50. The Morgan fingerprint density at radius 2 is 1.73 bits per heavy atom. The maximum absolute atomic E-state index is 12.0. The number of halogens is 2. The fourth-order valence-corrected chi connectivity index (χ4v) is 3.01. The number of amides is 1. The summed E-state index contributed by atoms with van der Waals surface area (Å²) in [4.78, 5) is 33.8. The first-order valence-electron chi connectivity index (χ1n) is 8.80. The van der Waals surface area contributed by atoms with Gasteiger partial charge in [0.25, 0.3) is 0 Å². The minimum absolute atomic E-state index is 0.124. The van der Waals surface area contributed by atoms with E-state index in [1.165, 1.54) is 24.3 Å². The summed E-state index contributed by atoms with van der Waals surface area (Å²) in [6.07, 6.45) is 2.02. The molecule has 1 amide bonds. The predicted molar refractivity (Wildman–Crippen MR) is 114 cm³/mol. The highest BCUT2D eigenvalue weighted by Crippen LogP contribution is 2.38. The molecule has 9 heteroatoms. The summed E-state index contributed by atoms with van der Waals surface area (Å²) in [5.74, 6) is -2.25. The maximum Gasteiger partial charge on any atom is 0.328 e. The van der Waals surface area contributed by atoms with Crippen molar-refractivity contribution in [2.75, 3.05) is 5.32 Å². The van der Waals surface area contributed by atoms with Crippen molar-refractivity contribution in [3.05, 3.63) is 57.6 Å². The van der Waals surface area contributed by atoms with Gasteiger partial charge in [-0.1, -0.05) is 37.0 Å². The number of carbonyl (C=O) groups excluding carboxylic acids is 1. The Morgan fingerprint density at radius 1 is 1.10 bits per heavy atom. The molecule has 0 aliphatic rings. The number of hydrogen-bond donors (Lipinski definition) is 3. The number of anilines is 1. The second-order valence-corrected chi connectivity index (χ2v) is 7.44. The zero-order valence-electron chi connectivity index (χ0n) is 16.1. The summed E-state index contributed by atoms with van der Waals surface area (Å²) in [7, 11) is 0. The van der Waals surface area contributed by atoms with Gasteiger partial charge < -0.3 is 20.3 Å². The van der Waals surface area contributed by atoms with E-state index in [4.69, 9.17) is 38.2 Å². The molecule has 0 aliphatic heterocycles. The summed E-state index contributed by atoms with van der Waals surface area (Å²) in [6, 6.07) is 7.54. The van der Waals surface area contributed by atoms with E-state index in [9.17, 15) is 14.4 Å². The van der Waals surface area contributed by atoms with E-state index in [1.807, 2.05) is 0 Å². The van der Waals surface area contributed by atoms with Gasteiger partial charge >= 0.3 is 11.9 Å². The Morgan fingerprint density at radius 3 is 2.27 bits per heavy atom. The Balaban J connectivity index is 2.38. The Hall–Kier alpha value is -3.03. The molecule has 3 N–H and O–H groups in total. The molecule has 2 rings (SSSR count). The van der Waals surface area contributed by atoms with E-state index in [0.29, 0.717) is 16.8 Å². The molecule has 0 saturated heterocycles. The van der Waals surface area contributed by atoms with Crippen molar-refractivity contribution in [2.45, 2.75) is 20.3 Å². The third-order valence-corrected chi connectivity index (χ3v) is 4.41. The van der Waals surface area contributed by atoms with Crippen LogP contribution in [0.1, 0.15) is 25.0 Å². The monoisotopic (exact) mass is 451 g/mol. The molecule has 2 aromatic rings. The zero-order valence-corrected chi connectivity index (χ0v) is 17.6. The van der Waals surface area contributed by atoms with Crippen LogP contribution in [-0.4, -0.2) is 28.1 Å². The molecule has 0 bridgehead atoms. The first-order chi connectivity index (χ1) is 14.1. The van der Waals surface area contributed by atoms with Crippen molar-refractivity contribution in [1.29, 1.82) is 0 Å². The number of ether oxygens (including phenoxy) is 1.